The van der Waals surface area contributed by atoms with Crippen molar-refractivity contribution in [2.24, 2.45) is 11.8 Å². The number of hydrogen-bond donors (Lipinski definition) is 2. The van der Waals surface area contributed by atoms with Crippen molar-refractivity contribution in [2.45, 2.75) is 66.7 Å². The van der Waals surface area contributed by atoms with Crippen LogP contribution < -0.4 is 0 Å². The standard InChI is InChI=1S/C15H28O.C2H4O2/c1-13(2)7-5-8-14(3)9-6-10-15(4)11-12-16;1-2(3)4/h10-14,16H,5-9H2,1-4H3;1H3,(H,3,4). The summed E-state index contributed by atoms with van der Waals surface area (Å²) in [6.07, 6.45) is 11.5. The number of aliphatic hydroxyl groups excluding tert-OH is 1. The van der Waals surface area contributed by atoms with Crippen LogP contribution in [0.5, 0.6) is 0 Å². The topological polar surface area (TPSA) is 57.5 Å². The van der Waals surface area contributed by atoms with E-state index in [9.17, 15) is 0 Å². The first-order valence-electron chi connectivity index (χ1n) is 7.46. The van der Waals surface area contributed by atoms with Gasteiger partial charge in [0.25, 0.3) is 5.97 Å². The van der Waals surface area contributed by atoms with Crippen LogP contribution in [-0.2, 0) is 4.79 Å². The Bertz CT molecular complexity index is 287. The Hall–Kier alpha value is -1.25. The molecule has 0 bridgehead atoms. The van der Waals surface area contributed by atoms with Crippen LogP contribution in [0.1, 0.15) is 66.7 Å². The maximum absolute atomic E-state index is 9.00. The van der Waals surface area contributed by atoms with Crippen LogP contribution in [0.15, 0.2) is 24.0 Å². The molecule has 0 aliphatic rings. The highest BCUT2D eigenvalue weighted by molar-refractivity contribution is 5.62. The molecule has 2 N–H and O–H groups in total. The zero-order chi connectivity index (χ0) is 16.0. The number of allylic oxidation sites excluding steroid dienone is 3. The number of rotatable bonds is 8. The fraction of sp³-hybridized carbons (Fsp3) is 0.706. The number of hydrogen-bond acceptors (Lipinski definition) is 2. The molecule has 3 heteroatoms. The van der Waals surface area contributed by atoms with E-state index >= 15 is 0 Å². The Labute approximate surface area is 124 Å². The number of carboxylic acid groups (broad SMARTS) is 1. The van der Waals surface area contributed by atoms with Gasteiger partial charge in [0, 0.05) is 6.92 Å². The maximum Gasteiger partial charge on any atom is 0.300 e. The average molecular weight is 284 g/mol. The summed E-state index contributed by atoms with van der Waals surface area (Å²) in [6, 6.07) is 0. The molecular formula is C17H32O3. The normalized spacial score (nSPS) is 13.2. The quantitative estimate of drug-likeness (QED) is 0.467. The molecule has 0 spiro atoms. The highest BCUT2D eigenvalue weighted by atomic mass is 16.4. The van der Waals surface area contributed by atoms with Crippen molar-refractivity contribution < 1.29 is 15.0 Å². The van der Waals surface area contributed by atoms with Crippen molar-refractivity contribution in [3.05, 3.63) is 24.0 Å². The minimum atomic E-state index is -0.833. The fourth-order valence-electron chi connectivity index (χ4n) is 1.80. The summed E-state index contributed by atoms with van der Waals surface area (Å²) >= 11 is 0. The van der Waals surface area contributed by atoms with Crippen LogP contribution in [0.25, 0.3) is 0 Å². The summed E-state index contributed by atoms with van der Waals surface area (Å²) in [6.45, 7) is 10.0. The first-order chi connectivity index (χ1) is 9.29. The Morgan fingerprint density at radius 3 is 2.10 bits per heavy atom. The van der Waals surface area contributed by atoms with E-state index in [2.05, 4.69) is 26.8 Å². The molecule has 0 amide bonds. The predicted octanol–water partition coefficient (Wildman–Crippen LogP) is 5.34. The molecule has 0 aliphatic carbocycles. The first-order valence-corrected chi connectivity index (χ1v) is 7.46. The second kappa shape index (κ2) is 14.2. The minimum absolute atomic E-state index is 0.820. The van der Waals surface area contributed by atoms with Crippen LogP contribution in [0, 0.1) is 11.8 Å². The van der Waals surface area contributed by atoms with Crippen LogP contribution in [-0.4, -0.2) is 16.2 Å². The smallest absolute Gasteiger partial charge is 0.300 e. The lowest BCUT2D eigenvalue weighted by Gasteiger charge is -2.10. The summed E-state index contributed by atoms with van der Waals surface area (Å²) in [4.78, 5) is 9.00. The number of carboxylic acids is 1. The van der Waals surface area contributed by atoms with Crippen LogP contribution in [0.4, 0.5) is 0 Å². The maximum atomic E-state index is 9.00. The largest absolute Gasteiger partial charge is 0.516 e. The van der Waals surface area contributed by atoms with Crippen molar-refractivity contribution in [3.63, 3.8) is 0 Å². The molecule has 0 aliphatic heterocycles. The van der Waals surface area contributed by atoms with Crippen molar-refractivity contribution in [3.8, 4) is 0 Å². The van der Waals surface area contributed by atoms with Gasteiger partial charge in [0.1, 0.15) is 0 Å². The van der Waals surface area contributed by atoms with E-state index in [0.29, 0.717) is 0 Å². The summed E-state index contributed by atoms with van der Waals surface area (Å²) in [5.74, 6) is 0.824. The van der Waals surface area contributed by atoms with E-state index in [1.165, 1.54) is 25.7 Å². The van der Waals surface area contributed by atoms with Gasteiger partial charge in [-0.15, -0.1) is 0 Å². The summed E-state index contributed by atoms with van der Waals surface area (Å²) in [5, 5.41) is 16.0. The molecule has 118 valence electrons. The van der Waals surface area contributed by atoms with Crippen molar-refractivity contribution in [2.75, 3.05) is 0 Å². The Kier molecular flexibility index (Phi) is 14.9. The molecule has 0 fully saturated rings. The van der Waals surface area contributed by atoms with Gasteiger partial charge in [-0.2, -0.15) is 0 Å². The lowest BCUT2D eigenvalue weighted by Crippen LogP contribution is -1.96. The summed E-state index contributed by atoms with van der Waals surface area (Å²) < 4.78 is 0. The molecule has 0 aromatic heterocycles. The van der Waals surface area contributed by atoms with Crippen molar-refractivity contribution >= 4 is 5.97 Å². The summed E-state index contributed by atoms with van der Waals surface area (Å²) in [7, 11) is 0. The lowest BCUT2D eigenvalue weighted by atomic mass is 9.96. The molecule has 0 saturated heterocycles. The van der Waals surface area contributed by atoms with E-state index in [1.807, 2.05) is 6.92 Å². The molecule has 0 heterocycles. The molecule has 20 heavy (non-hydrogen) atoms. The van der Waals surface area contributed by atoms with Gasteiger partial charge in [-0.3, -0.25) is 4.79 Å². The molecule has 1 atom stereocenters. The van der Waals surface area contributed by atoms with Crippen molar-refractivity contribution in [1.29, 1.82) is 0 Å². The Morgan fingerprint density at radius 2 is 1.65 bits per heavy atom. The van der Waals surface area contributed by atoms with Gasteiger partial charge < -0.3 is 10.2 Å². The lowest BCUT2D eigenvalue weighted by molar-refractivity contribution is -0.134. The van der Waals surface area contributed by atoms with Gasteiger partial charge in [-0.05, 0) is 37.7 Å². The molecule has 0 aromatic carbocycles. The SMILES string of the molecule is CC(=O)O.CC(C=CO)=CCCC(C)CCCC(C)C. The number of aliphatic carboxylic acids is 1. The van der Waals surface area contributed by atoms with E-state index in [0.717, 1.165) is 37.0 Å². The Balaban J connectivity index is 0. The highest BCUT2D eigenvalue weighted by Crippen LogP contribution is 2.17. The van der Waals surface area contributed by atoms with Gasteiger partial charge in [-0.1, -0.05) is 51.7 Å². The predicted molar refractivity (Wildman–Crippen MR) is 85.9 cm³/mol. The third-order valence-electron chi connectivity index (χ3n) is 2.94. The summed E-state index contributed by atoms with van der Waals surface area (Å²) in [5.41, 5.74) is 1.15. The van der Waals surface area contributed by atoms with Crippen LogP contribution in [0.3, 0.4) is 0 Å². The number of aliphatic hydroxyl groups is 1. The second-order valence-corrected chi connectivity index (χ2v) is 5.79. The van der Waals surface area contributed by atoms with Crippen LogP contribution in [0.2, 0.25) is 0 Å². The van der Waals surface area contributed by atoms with E-state index in [4.69, 9.17) is 15.0 Å². The second-order valence-electron chi connectivity index (χ2n) is 5.79. The molecule has 0 aromatic rings. The number of carbonyl (C=O) groups is 1. The monoisotopic (exact) mass is 284 g/mol. The van der Waals surface area contributed by atoms with Crippen molar-refractivity contribution in [1.82, 2.24) is 0 Å². The van der Waals surface area contributed by atoms with Gasteiger partial charge in [0.2, 0.25) is 0 Å². The van der Waals surface area contributed by atoms with E-state index in [-0.39, 0.29) is 0 Å². The molecule has 0 rings (SSSR count). The zero-order valence-electron chi connectivity index (χ0n) is 13.7. The van der Waals surface area contributed by atoms with Gasteiger partial charge in [0.05, 0.1) is 6.26 Å². The van der Waals surface area contributed by atoms with E-state index < -0.39 is 5.97 Å². The van der Waals surface area contributed by atoms with Gasteiger partial charge in [-0.25, -0.2) is 0 Å². The highest BCUT2D eigenvalue weighted by Gasteiger charge is 2.02. The van der Waals surface area contributed by atoms with Crippen LogP contribution >= 0.6 is 0 Å². The first kappa shape index (κ1) is 21.1. The minimum Gasteiger partial charge on any atom is -0.516 e. The third kappa shape index (κ3) is 22.0. The molecule has 1 unspecified atom stereocenters. The van der Waals surface area contributed by atoms with E-state index in [1.54, 1.807) is 6.08 Å². The Morgan fingerprint density at radius 1 is 1.10 bits per heavy atom. The molecular weight excluding hydrogens is 252 g/mol. The molecule has 0 radical (unpaired) electrons. The van der Waals surface area contributed by atoms with Gasteiger partial charge in [0.15, 0.2) is 0 Å². The molecule has 0 saturated carbocycles. The molecule has 3 nitrogen and oxygen atoms in total. The fourth-order valence-corrected chi connectivity index (χ4v) is 1.80. The third-order valence-corrected chi connectivity index (χ3v) is 2.94. The zero-order valence-corrected chi connectivity index (χ0v) is 13.7. The van der Waals surface area contributed by atoms with Gasteiger partial charge >= 0.3 is 0 Å². The average Bonchev–Trinajstić information content (AvgIpc) is 2.28.